The lowest BCUT2D eigenvalue weighted by atomic mass is 9.63. The van der Waals surface area contributed by atoms with Crippen LogP contribution < -0.4 is 4.74 Å². The standard InChI is InChI=1S/C23H29NO2.ClH/c1-26-22-9-2-5-18(15-22)10-13-24-14-12-23(11-4-7-20(24)17-23)19-6-3-8-21(25)16-19;/h2-3,5-6,8-9,15-16,20,25H,4,7,10-14,17H2,1H3;1H/t20-,23+;/m1./s1. The molecule has 0 aromatic heterocycles. The van der Waals surface area contributed by atoms with Crippen LogP contribution in [0.4, 0.5) is 0 Å². The van der Waals surface area contributed by atoms with Crippen molar-refractivity contribution in [3.05, 3.63) is 59.7 Å². The molecule has 1 N–H and O–H groups in total. The summed E-state index contributed by atoms with van der Waals surface area (Å²) in [5, 5.41) is 9.92. The molecule has 4 heteroatoms. The van der Waals surface area contributed by atoms with Gasteiger partial charge in [0, 0.05) is 12.6 Å². The Labute approximate surface area is 168 Å². The normalized spacial score (nSPS) is 24.9. The zero-order chi connectivity index (χ0) is 18.0. The second-order valence-corrected chi connectivity index (χ2v) is 7.97. The number of aromatic hydroxyl groups is 1. The number of phenolic OH excluding ortho intramolecular Hbond substituents is 1. The Hall–Kier alpha value is -1.71. The van der Waals surface area contributed by atoms with Gasteiger partial charge in [-0.2, -0.15) is 0 Å². The molecule has 0 amide bonds. The van der Waals surface area contributed by atoms with Gasteiger partial charge in [0.1, 0.15) is 11.5 Å². The lowest BCUT2D eigenvalue weighted by Crippen LogP contribution is -2.52. The van der Waals surface area contributed by atoms with E-state index in [4.69, 9.17) is 4.74 Å². The van der Waals surface area contributed by atoms with Gasteiger partial charge < -0.3 is 9.84 Å². The SMILES string of the molecule is COc1cccc(CCN2CC[C@@]3(c4cccc(O)c4)CCC[C@@H]2C3)c1.Cl. The van der Waals surface area contributed by atoms with Gasteiger partial charge in [-0.3, -0.25) is 4.90 Å². The zero-order valence-corrected chi connectivity index (χ0v) is 16.9. The van der Waals surface area contributed by atoms with E-state index >= 15 is 0 Å². The summed E-state index contributed by atoms with van der Waals surface area (Å²) >= 11 is 0. The first-order valence-corrected chi connectivity index (χ1v) is 9.85. The second kappa shape index (κ2) is 8.53. The number of hydrogen-bond donors (Lipinski definition) is 1. The van der Waals surface area contributed by atoms with E-state index in [-0.39, 0.29) is 17.8 Å². The first kappa shape index (κ1) is 20.0. The Bertz CT molecular complexity index is 766. The molecule has 1 aliphatic carbocycles. The van der Waals surface area contributed by atoms with Crippen LogP contribution in [-0.4, -0.2) is 36.2 Å². The molecule has 0 spiro atoms. The quantitative estimate of drug-likeness (QED) is 0.787. The number of ether oxygens (including phenoxy) is 1. The van der Waals surface area contributed by atoms with E-state index in [9.17, 15) is 5.11 Å². The molecular formula is C23H30ClNO2. The maximum absolute atomic E-state index is 9.92. The number of phenols is 1. The maximum Gasteiger partial charge on any atom is 0.119 e. The maximum atomic E-state index is 9.92. The topological polar surface area (TPSA) is 32.7 Å². The molecule has 4 rings (SSSR count). The van der Waals surface area contributed by atoms with Crippen molar-refractivity contribution in [1.82, 2.24) is 4.90 Å². The Balaban J connectivity index is 0.00000210. The Morgan fingerprint density at radius 2 is 2.00 bits per heavy atom. The van der Waals surface area contributed by atoms with E-state index in [1.165, 1.54) is 43.2 Å². The third-order valence-corrected chi connectivity index (χ3v) is 6.49. The number of piperidine rings is 1. The lowest BCUT2D eigenvalue weighted by Gasteiger charge is -2.51. The van der Waals surface area contributed by atoms with Crippen molar-refractivity contribution >= 4 is 12.4 Å². The predicted octanol–water partition coefficient (Wildman–Crippen LogP) is 4.95. The summed E-state index contributed by atoms with van der Waals surface area (Å²) in [7, 11) is 1.73. The second-order valence-electron chi connectivity index (χ2n) is 7.97. The molecule has 1 saturated heterocycles. The Morgan fingerprint density at radius 3 is 2.81 bits per heavy atom. The molecule has 1 heterocycles. The van der Waals surface area contributed by atoms with Crippen molar-refractivity contribution in [2.45, 2.75) is 50.0 Å². The van der Waals surface area contributed by atoms with Gasteiger partial charge in [-0.05, 0) is 79.5 Å². The first-order chi connectivity index (χ1) is 12.7. The average Bonchev–Trinajstić information content (AvgIpc) is 2.68. The molecule has 2 aromatic rings. The molecule has 146 valence electrons. The monoisotopic (exact) mass is 387 g/mol. The number of hydrogen-bond acceptors (Lipinski definition) is 3. The molecule has 2 atom stereocenters. The van der Waals surface area contributed by atoms with Crippen LogP contribution in [0.15, 0.2) is 48.5 Å². The van der Waals surface area contributed by atoms with E-state index in [0.29, 0.717) is 11.8 Å². The van der Waals surface area contributed by atoms with Gasteiger partial charge >= 0.3 is 0 Å². The van der Waals surface area contributed by atoms with E-state index < -0.39 is 0 Å². The molecule has 0 radical (unpaired) electrons. The van der Waals surface area contributed by atoms with Crippen molar-refractivity contribution in [1.29, 1.82) is 0 Å². The molecule has 2 aromatic carbocycles. The van der Waals surface area contributed by atoms with Crippen LogP contribution in [0.1, 0.15) is 43.2 Å². The fraction of sp³-hybridized carbons (Fsp3) is 0.478. The molecular weight excluding hydrogens is 358 g/mol. The highest BCUT2D eigenvalue weighted by Crippen LogP contribution is 2.47. The van der Waals surface area contributed by atoms with Gasteiger partial charge in [-0.15, -0.1) is 12.4 Å². The van der Waals surface area contributed by atoms with Crippen LogP contribution in [-0.2, 0) is 11.8 Å². The lowest BCUT2D eigenvalue weighted by molar-refractivity contribution is 0.0524. The van der Waals surface area contributed by atoms with Gasteiger partial charge in [0.15, 0.2) is 0 Å². The summed E-state index contributed by atoms with van der Waals surface area (Å²) in [5.74, 6) is 1.35. The molecule has 0 unspecified atom stereocenters. The number of rotatable bonds is 5. The van der Waals surface area contributed by atoms with Crippen LogP contribution >= 0.6 is 12.4 Å². The number of benzene rings is 2. The first-order valence-electron chi connectivity index (χ1n) is 9.85. The van der Waals surface area contributed by atoms with Crippen molar-refractivity contribution in [2.24, 2.45) is 0 Å². The fourth-order valence-electron chi connectivity index (χ4n) is 5.05. The van der Waals surface area contributed by atoms with Crippen molar-refractivity contribution < 1.29 is 9.84 Å². The predicted molar refractivity (Wildman–Crippen MR) is 112 cm³/mol. The van der Waals surface area contributed by atoms with Gasteiger partial charge in [-0.25, -0.2) is 0 Å². The van der Waals surface area contributed by atoms with Gasteiger partial charge in [0.25, 0.3) is 0 Å². The smallest absolute Gasteiger partial charge is 0.119 e. The molecule has 2 fully saturated rings. The van der Waals surface area contributed by atoms with Gasteiger partial charge in [0.2, 0.25) is 0 Å². The summed E-state index contributed by atoms with van der Waals surface area (Å²) < 4.78 is 5.35. The summed E-state index contributed by atoms with van der Waals surface area (Å²) in [5.41, 5.74) is 2.97. The molecule has 2 aliphatic rings. The molecule has 1 aliphatic heterocycles. The van der Waals surface area contributed by atoms with Crippen LogP contribution in [0.5, 0.6) is 11.5 Å². The van der Waals surface area contributed by atoms with E-state index in [0.717, 1.165) is 25.3 Å². The zero-order valence-electron chi connectivity index (χ0n) is 16.1. The van der Waals surface area contributed by atoms with Crippen molar-refractivity contribution in [3.8, 4) is 11.5 Å². The minimum absolute atomic E-state index is 0. The van der Waals surface area contributed by atoms with Crippen molar-refractivity contribution in [2.75, 3.05) is 20.2 Å². The van der Waals surface area contributed by atoms with Crippen molar-refractivity contribution in [3.63, 3.8) is 0 Å². The minimum atomic E-state index is 0. The largest absolute Gasteiger partial charge is 0.508 e. The molecule has 27 heavy (non-hydrogen) atoms. The van der Waals surface area contributed by atoms with Crippen LogP contribution in [0.25, 0.3) is 0 Å². The average molecular weight is 388 g/mol. The Kier molecular flexibility index (Phi) is 6.33. The third kappa shape index (κ3) is 4.25. The van der Waals surface area contributed by atoms with E-state index in [2.05, 4.69) is 29.2 Å². The van der Waals surface area contributed by atoms with E-state index in [1.807, 2.05) is 18.2 Å². The summed E-state index contributed by atoms with van der Waals surface area (Å²) in [6, 6.07) is 17.1. The van der Waals surface area contributed by atoms with Crippen LogP contribution in [0.3, 0.4) is 0 Å². The molecule has 3 nitrogen and oxygen atoms in total. The van der Waals surface area contributed by atoms with Crippen LogP contribution in [0, 0.1) is 0 Å². The van der Waals surface area contributed by atoms with Crippen LogP contribution in [0.2, 0.25) is 0 Å². The highest BCUT2D eigenvalue weighted by Gasteiger charge is 2.43. The van der Waals surface area contributed by atoms with Gasteiger partial charge in [0.05, 0.1) is 7.11 Å². The number of methoxy groups -OCH3 is 1. The highest BCUT2D eigenvalue weighted by atomic mass is 35.5. The summed E-state index contributed by atoms with van der Waals surface area (Å²) in [6.07, 6.45) is 7.36. The molecule has 1 saturated carbocycles. The van der Waals surface area contributed by atoms with E-state index in [1.54, 1.807) is 13.2 Å². The fourth-order valence-corrected chi connectivity index (χ4v) is 5.05. The van der Waals surface area contributed by atoms with Gasteiger partial charge in [-0.1, -0.05) is 30.7 Å². The number of halogens is 1. The minimum Gasteiger partial charge on any atom is -0.508 e. The summed E-state index contributed by atoms with van der Waals surface area (Å²) in [6.45, 7) is 2.28. The highest BCUT2D eigenvalue weighted by molar-refractivity contribution is 5.85. The molecule has 2 bridgehead atoms. The number of nitrogens with zero attached hydrogens (tertiary/aromatic N) is 1. The summed E-state index contributed by atoms with van der Waals surface area (Å²) in [4.78, 5) is 2.69. The third-order valence-electron chi connectivity index (χ3n) is 6.49. The Morgan fingerprint density at radius 1 is 1.15 bits per heavy atom. The number of fused-ring (bicyclic) bond motifs is 2. The number of likely N-dealkylation sites (tertiary alicyclic amines) is 1.